The van der Waals surface area contributed by atoms with E-state index in [1.807, 2.05) is 0 Å². The van der Waals surface area contributed by atoms with Crippen LogP contribution in [0.5, 0.6) is 0 Å². The zero-order valence-electron chi connectivity index (χ0n) is 20.2. The molecular formula is C22H36N8O6. The van der Waals surface area contributed by atoms with Crippen molar-refractivity contribution in [1.82, 2.24) is 25.5 Å². The molecule has 14 nitrogen and oxygen atoms in total. The first kappa shape index (κ1) is 28.7. The Labute approximate surface area is 208 Å². The van der Waals surface area contributed by atoms with Crippen LogP contribution in [0.15, 0.2) is 12.5 Å². The van der Waals surface area contributed by atoms with Crippen LogP contribution in [0.4, 0.5) is 0 Å². The number of primary amides is 1. The van der Waals surface area contributed by atoms with E-state index in [9.17, 15) is 29.1 Å². The third kappa shape index (κ3) is 8.61. The summed E-state index contributed by atoms with van der Waals surface area (Å²) in [5.41, 5.74) is 17.4. The van der Waals surface area contributed by atoms with Gasteiger partial charge < -0.3 is 42.8 Å². The molecule has 1 aliphatic rings. The molecule has 1 fully saturated rings. The normalized spacial score (nSPS) is 17.7. The predicted molar refractivity (Wildman–Crippen MR) is 128 cm³/mol. The molecule has 2 rings (SSSR count). The van der Waals surface area contributed by atoms with Gasteiger partial charge in [0.1, 0.15) is 18.1 Å². The number of nitrogens with zero attached hydrogens (tertiary/aromatic N) is 2. The Kier molecular flexibility index (Phi) is 11.3. The molecule has 0 saturated carbocycles. The van der Waals surface area contributed by atoms with Crippen molar-refractivity contribution in [3.05, 3.63) is 18.2 Å². The number of unbranched alkanes of at least 4 members (excludes halogenated alkanes) is 1. The van der Waals surface area contributed by atoms with Crippen molar-refractivity contribution in [2.24, 2.45) is 17.2 Å². The minimum absolute atomic E-state index is 0.102. The summed E-state index contributed by atoms with van der Waals surface area (Å²) >= 11 is 0. The second kappa shape index (κ2) is 14.1. The standard InChI is InChI=1S/C22H36N8O6/c23-8-2-1-4-16(21(34)30-9-3-5-17(30)22(35)36)29-20(33)15(6-7-18(25)31)28-19(32)14(24)10-13-11-26-12-27-13/h11-12,14-17H,1-10,23-24H2,(H2,25,31)(H,26,27)(H,28,32)(H,29,33)(H,35,36). The summed E-state index contributed by atoms with van der Waals surface area (Å²) in [6.07, 6.45) is 5.04. The minimum atomic E-state index is -1.18. The molecule has 0 radical (unpaired) electrons. The van der Waals surface area contributed by atoms with Gasteiger partial charge in [-0.2, -0.15) is 0 Å². The molecule has 200 valence electrons. The van der Waals surface area contributed by atoms with Crippen molar-refractivity contribution in [3.63, 3.8) is 0 Å². The minimum Gasteiger partial charge on any atom is -0.480 e. The summed E-state index contributed by atoms with van der Waals surface area (Å²) < 4.78 is 0. The van der Waals surface area contributed by atoms with Gasteiger partial charge in [-0.25, -0.2) is 9.78 Å². The topological polar surface area (TPSA) is 240 Å². The number of carbonyl (C=O) groups excluding carboxylic acids is 4. The van der Waals surface area contributed by atoms with Crippen LogP contribution in [0.2, 0.25) is 0 Å². The van der Waals surface area contributed by atoms with Crippen molar-refractivity contribution in [2.75, 3.05) is 13.1 Å². The van der Waals surface area contributed by atoms with E-state index < -0.39 is 53.8 Å². The number of nitrogens with two attached hydrogens (primary N) is 3. The Bertz CT molecular complexity index is 908. The van der Waals surface area contributed by atoms with Gasteiger partial charge in [-0.1, -0.05) is 0 Å². The molecule has 4 amide bonds. The summed E-state index contributed by atoms with van der Waals surface area (Å²) in [7, 11) is 0. The zero-order chi connectivity index (χ0) is 26.7. The van der Waals surface area contributed by atoms with Gasteiger partial charge in [0, 0.05) is 31.3 Å². The predicted octanol–water partition coefficient (Wildman–Crippen LogP) is -2.28. The van der Waals surface area contributed by atoms with Crippen LogP contribution < -0.4 is 27.8 Å². The fraction of sp³-hybridized carbons (Fsp3) is 0.636. The van der Waals surface area contributed by atoms with Crippen molar-refractivity contribution in [2.45, 2.75) is 75.5 Å². The average molecular weight is 509 g/mol. The van der Waals surface area contributed by atoms with E-state index in [-0.39, 0.29) is 32.2 Å². The maximum Gasteiger partial charge on any atom is 0.326 e. The Morgan fingerprint density at radius 3 is 2.47 bits per heavy atom. The fourth-order valence-electron chi connectivity index (χ4n) is 4.07. The molecule has 2 heterocycles. The van der Waals surface area contributed by atoms with Gasteiger partial charge in [0.2, 0.25) is 23.6 Å². The van der Waals surface area contributed by atoms with Crippen LogP contribution in [0.1, 0.15) is 50.6 Å². The smallest absolute Gasteiger partial charge is 0.326 e. The first-order valence-corrected chi connectivity index (χ1v) is 12.0. The van der Waals surface area contributed by atoms with Gasteiger partial charge in [0.25, 0.3) is 0 Å². The molecule has 0 spiro atoms. The van der Waals surface area contributed by atoms with Crippen LogP contribution in [-0.4, -0.2) is 86.8 Å². The lowest BCUT2D eigenvalue weighted by molar-refractivity contribution is -0.149. The van der Waals surface area contributed by atoms with Crippen molar-refractivity contribution < 1.29 is 29.1 Å². The molecule has 4 atom stereocenters. The number of aliphatic carboxylic acids is 1. The third-order valence-corrected chi connectivity index (χ3v) is 6.03. The molecule has 0 aromatic carbocycles. The molecule has 0 aliphatic carbocycles. The number of H-pyrrole nitrogens is 1. The highest BCUT2D eigenvalue weighted by molar-refractivity contribution is 5.94. The largest absolute Gasteiger partial charge is 0.480 e. The molecule has 10 N–H and O–H groups in total. The Morgan fingerprint density at radius 2 is 1.86 bits per heavy atom. The number of imidazole rings is 1. The highest BCUT2D eigenvalue weighted by atomic mass is 16.4. The number of hydrogen-bond acceptors (Lipinski definition) is 8. The molecule has 4 unspecified atom stereocenters. The summed E-state index contributed by atoms with van der Waals surface area (Å²) in [4.78, 5) is 69.9. The molecule has 1 aromatic rings. The van der Waals surface area contributed by atoms with E-state index in [0.717, 1.165) is 0 Å². The molecule has 14 heteroatoms. The van der Waals surface area contributed by atoms with E-state index in [4.69, 9.17) is 17.2 Å². The average Bonchev–Trinajstić information content (AvgIpc) is 3.52. The van der Waals surface area contributed by atoms with E-state index in [0.29, 0.717) is 37.9 Å². The maximum atomic E-state index is 13.2. The van der Waals surface area contributed by atoms with Crippen molar-refractivity contribution in [1.29, 1.82) is 0 Å². The summed E-state index contributed by atoms with van der Waals surface area (Å²) in [5.74, 6) is -3.62. The quantitative estimate of drug-likeness (QED) is 0.126. The highest BCUT2D eigenvalue weighted by Gasteiger charge is 2.38. The SMILES string of the molecule is NCCCCC(NC(=O)C(CCC(N)=O)NC(=O)C(N)Cc1cnc[nH]1)C(=O)N1CCCC1C(=O)O. The number of aromatic amines is 1. The molecule has 36 heavy (non-hydrogen) atoms. The number of rotatable bonds is 15. The maximum absolute atomic E-state index is 13.2. The summed E-state index contributed by atoms with van der Waals surface area (Å²) in [6.45, 7) is 0.658. The third-order valence-electron chi connectivity index (χ3n) is 6.03. The number of aromatic nitrogens is 2. The van der Waals surface area contributed by atoms with Gasteiger partial charge in [0.15, 0.2) is 0 Å². The second-order valence-electron chi connectivity index (χ2n) is 8.83. The Hall–Kier alpha value is -3.52. The fourth-order valence-corrected chi connectivity index (χ4v) is 4.07. The molecule has 0 bridgehead atoms. The summed E-state index contributed by atoms with van der Waals surface area (Å²) in [6, 6.07) is -4.17. The number of nitrogens with one attached hydrogen (secondary N) is 3. The van der Waals surface area contributed by atoms with Gasteiger partial charge in [-0.15, -0.1) is 0 Å². The number of amides is 4. The number of hydrogen-bond donors (Lipinski definition) is 7. The van der Waals surface area contributed by atoms with Gasteiger partial charge >= 0.3 is 5.97 Å². The molecule has 1 aliphatic heterocycles. The number of carboxylic acids is 1. The van der Waals surface area contributed by atoms with Crippen molar-refractivity contribution >= 4 is 29.6 Å². The number of likely N-dealkylation sites (tertiary alicyclic amines) is 1. The first-order valence-electron chi connectivity index (χ1n) is 12.0. The Morgan fingerprint density at radius 1 is 1.14 bits per heavy atom. The lowest BCUT2D eigenvalue weighted by Gasteiger charge is -2.29. The summed E-state index contributed by atoms with van der Waals surface area (Å²) in [5, 5.41) is 14.6. The van der Waals surface area contributed by atoms with Gasteiger partial charge in [-0.05, 0) is 45.1 Å². The number of carbonyl (C=O) groups is 5. The lowest BCUT2D eigenvalue weighted by atomic mass is 10.0. The van der Waals surface area contributed by atoms with Crippen LogP contribution >= 0.6 is 0 Å². The zero-order valence-corrected chi connectivity index (χ0v) is 20.2. The van der Waals surface area contributed by atoms with Crippen LogP contribution in [-0.2, 0) is 30.4 Å². The second-order valence-corrected chi connectivity index (χ2v) is 8.83. The number of carboxylic acid groups (broad SMARTS) is 1. The van der Waals surface area contributed by atoms with Crippen LogP contribution in [0.25, 0.3) is 0 Å². The van der Waals surface area contributed by atoms with Crippen LogP contribution in [0, 0.1) is 0 Å². The molecular weight excluding hydrogens is 472 g/mol. The van der Waals surface area contributed by atoms with Gasteiger partial charge in [0.05, 0.1) is 12.4 Å². The Balaban J connectivity index is 2.13. The van der Waals surface area contributed by atoms with Crippen LogP contribution in [0.3, 0.4) is 0 Å². The van der Waals surface area contributed by atoms with E-state index in [1.54, 1.807) is 0 Å². The van der Waals surface area contributed by atoms with Gasteiger partial charge in [-0.3, -0.25) is 19.2 Å². The first-order chi connectivity index (χ1) is 17.1. The van der Waals surface area contributed by atoms with E-state index >= 15 is 0 Å². The van der Waals surface area contributed by atoms with Crippen molar-refractivity contribution in [3.8, 4) is 0 Å². The monoisotopic (exact) mass is 508 g/mol. The lowest BCUT2D eigenvalue weighted by Crippen LogP contribution is -2.57. The van der Waals surface area contributed by atoms with E-state index in [1.165, 1.54) is 17.4 Å². The highest BCUT2D eigenvalue weighted by Crippen LogP contribution is 2.20. The molecule has 1 aromatic heterocycles. The molecule has 1 saturated heterocycles. The van der Waals surface area contributed by atoms with E-state index in [2.05, 4.69) is 20.6 Å².